The Balaban J connectivity index is 1.26. The predicted octanol–water partition coefficient (Wildman–Crippen LogP) is 4.63. The summed E-state index contributed by atoms with van der Waals surface area (Å²) in [6.07, 6.45) is 7.93. The van der Waals surface area contributed by atoms with Gasteiger partial charge in [0.05, 0.1) is 17.8 Å². The maximum atomic E-state index is 15.5. The zero-order valence-electron chi connectivity index (χ0n) is 20.1. The van der Waals surface area contributed by atoms with Gasteiger partial charge in [-0.3, -0.25) is 9.36 Å². The molecule has 0 amide bonds. The Morgan fingerprint density at radius 1 is 1.06 bits per heavy atom. The lowest BCUT2D eigenvalue weighted by atomic mass is 9.69. The van der Waals surface area contributed by atoms with Crippen LogP contribution < -0.4 is 10.5 Å². The molecular weight excluding hydrogens is 464 g/mol. The first-order valence-electron chi connectivity index (χ1n) is 12.7. The molecular formula is C27H29F2N5O2. The third-order valence-corrected chi connectivity index (χ3v) is 8.10. The van der Waals surface area contributed by atoms with E-state index >= 15 is 4.39 Å². The summed E-state index contributed by atoms with van der Waals surface area (Å²) >= 11 is 0. The predicted molar refractivity (Wildman–Crippen MR) is 132 cm³/mol. The van der Waals surface area contributed by atoms with Gasteiger partial charge in [0.25, 0.3) is 5.56 Å². The number of phenolic OH excluding ortho intramolecular Hbond substituents is 1. The number of halogens is 2. The maximum Gasteiger partial charge on any atom is 0.253 e. The maximum absolute atomic E-state index is 15.5. The number of nitrogens with zero attached hydrogens (tertiary/aromatic N) is 5. The molecule has 36 heavy (non-hydrogen) atoms. The van der Waals surface area contributed by atoms with E-state index in [-0.39, 0.29) is 29.6 Å². The summed E-state index contributed by atoms with van der Waals surface area (Å²) < 4.78 is 30.4. The highest BCUT2D eigenvalue weighted by molar-refractivity contribution is 5.72. The molecule has 2 heterocycles. The molecule has 1 N–H and O–H groups in total. The van der Waals surface area contributed by atoms with Crippen LogP contribution in [0.2, 0.25) is 0 Å². The van der Waals surface area contributed by atoms with E-state index in [0.717, 1.165) is 43.1 Å². The Hall–Kier alpha value is -3.36. The van der Waals surface area contributed by atoms with Crippen LogP contribution in [0, 0.1) is 17.8 Å². The molecule has 3 aliphatic carbocycles. The van der Waals surface area contributed by atoms with Crippen LogP contribution in [-0.2, 0) is 7.05 Å². The fourth-order valence-electron chi connectivity index (χ4n) is 6.05. The Morgan fingerprint density at radius 2 is 1.89 bits per heavy atom. The van der Waals surface area contributed by atoms with Gasteiger partial charge in [-0.05, 0) is 73.3 Å². The van der Waals surface area contributed by atoms with Crippen molar-refractivity contribution in [1.82, 2.24) is 19.7 Å². The van der Waals surface area contributed by atoms with Crippen LogP contribution in [0.15, 0.2) is 41.3 Å². The summed E-state index contributed by atoms with van der Waals surface area (Å²) in [6.45, 7) is 0. The molecule has 1 aromatic carbocycles. The fraction of sp³-hybridized carbons (Fsp3) is 0.481. The van der Waals surface area contributed by atoms with Gasteiger partial charge in [-0.1, -0.05) is 18.9 Å². The van der Waals surface area contributed by atoms with E-state index in [1.165, 1.54) is 31.7 Å². The number of hydrogen-bond acceptors (Lipinski definition) is 6. The molecule has 3 saturated carbocycles. The topological polar surface area (TPSA) is 84.1 Å². The third-order valence-electron chi connectivity index (χ3n) is 8.10. The molecule has 7 nitrogen and oxygen atoms in total. The second-order valence-corrected chi connectivity index (χ2v) is 10.5. The van der Waals surface area contributed by atoms with E-state index in [4.69, 9.17) is 0 Å². The highest BCUT2D eigenvalue weighted by atomic mass is 19.1. The largest absolute Gasteiger partial charge is 0.507 e. The molecule has 6 rings (SSSR count). The number of aromatic hydroxyl groups is 1. The van der Waals surface area contributed by atoms with Gasteiger partial charge in [0.2, 0.25) is 0 Å². The lowest BCUT2D eigenvalue weighted by molar-refractivity contribution is 0.0631. The van der Waals surface area contributed by atoms with E-state index in [9.17, 15) is 14.3 Å². The average molecular weight is 494 g/mol. The van der Waals surface area contributed by atoms with Crippen LogP contribution in [0.1, 0.15) is 44.9 Å². The zero-order chi connectivity index (χ0) is 25.0. The van der Waals surface area contributed by atoms with Gasteiger partial charge in [0.15, 0.2) is 17.6 Å². The molecule has 3 aliphatic rings. The summed E-state index contributed by atoms with van der Waals surface area (Å²) in [7, 11) is 1.36. The molecule has 0 aliphatic heterocycles. The van der Waals surface area contributed by atoms with Gasteiger partial charge in [0, 0.05) is 19.2 Å². The van der Waals surface area contributed by atoms with Crippen LogP contribution in [0.4, 0.5) is 14.6 Å². The van der Waals surface area contributed by atoms with Gasteiger partial charge in [0.1, 0.15) is 11.9 Å². The van der Waals surface area contributed by atoms with E-state index in [1.54, 1.807) is 18.3 Å². The van der Waals surface area contributed by atoms with Gasteiger partial charge in [-0.15, -0.1) is 10.2 Å². The first-order chi connectivity index (χ1) is 17.4. The Bertz CT molecular complexity index is 1340. The monoisotopic (exact) mass is 493 g/mol. The van der Waals surface area contributed by atoms with Gasteiger partial charge >= 0.3 is 0 Å². The Labute approximate surface area is 207 Å². The minimum atomic E-state index is -0.861. The normalized spacial score (nSPS) is 25.5. The van der Waals surface area contributed by atoms with Crippen molar-refractivity contribution in [2.75, 3.05) is 4.90 Å². The summed E-state index contributed by atoms with van der Waals surface area (Å²) in [5.41, 5.74) is 0.753. The number of phenols is 1. The molecule has 188 valence electrons. The minimum Gasteiger partial charge on any atom is -0.507 e. The van der Waals surface area contributed by atoms with Crippen LogP contribution in [0.25, 0.3) is 22.5 Å². The van der Waals surface area contributed by atoms with Crippen molar-refractivity contribution in [3.8, 4) is 28.3 Å². The number of rotatable bonds is 5. The number of benzene rings is 1. The van der Waals surface area contributed by atoms with Crippen molar-refractivity contribution >= 4 is 5.82 Å². The van der Waals surface area contributed by atoms with Gasteiger partial charge < -0.3 is 10.0 Å². The highest BCUT2D eigenvalue weighted by Gasteiger charge is 2.46. The van der Waals surface area contributed by atoms with Crippen molar-refractivity contribution < 1.29 is 13.9 Å². The van der Waals surface area contributed by atoms with Crippen LogP contribution in [0.3, 0.4) is 0 Å². The van der Waals surface area contributed by atoms with Crippen molar-refractivity contribution in [3.05, 3.63) is 52.8 Å². The van der Waals surface area contributed by atoms with Crippen LogP contribution in [0.5, 0.6) is 5.75 Å². The van der Waals surface area contributed by atoms with E-state index in [0.29, 0.717) is 28.4 Å². The zero-order valence-corrected chi connectivity index (χ0v) is 20.1. The van der Waals surface area contributed by atoms with Gasteiger partial charge in [-0.2, -0.15) is 4.39 Å². The molecule has 3 aromatic rings. The summed E-state index contributed by atoms with van der Waals surface area (Å²) in [5.74, 6) is 0.771. The molecule has 0 unspecified atom stereocenters. The summed E-state index contributed by atoms with van der Waals surface area (Å²) in [6, 6.07) is 7.39. The van der Waals surface area contributed by atoms with E-state index in [2.05, 4.69) is 20.1 Å². The number of hydrogen-bond donors (Lipinski definition) is 1. The molecule has 2 aromatic heterocycles. The lowest BCUT2D eigenvalue weighted by Crippen LogP contribution is -2.52. The summed E-state index contributed by atoms with van der Waals surface area (Å²) in [4.78, 5) is 18.5. The second kappa shape index (κ2) is 8.94. The average Bonchev–Trinajstić information content (AvgIpc) is 3.71. The first-order valence-corrected chi connectivity index (χ1v) is 12.7. The van der Waals surface area contributed by atoms with E-state index in [1.807, 2.05) is 0 Å². The quantitative estimate of drug-likeness (QED) is 0.522. The van der Waals surface area contributed by atoms with Gasteiger partial charge in [-0.25, -0.2) is 9.37 Å². The number of fused-ring (bicyclic) bond motifs is 2. The third kappa shape index (κ3) is 4.14. The molecule has 4 atom stereocenters. The SMILES string of the molecule is Cn1c(F)cc(-c2ccc(-c3ncc(N(C4CC4)[C@H]4C[C@@H]5CCC[C@@H](C5)[C@H]4F)nn3)c(O)c2)cc1=O. The van der Waals surface area contributed by atoms with E-state index < -0.39 is 17.7 Å². The molecule has 0 saturated heterocycles. The standard InChI is InChI=1S/C27H29F2N5O2/c1-33-23(28)12-18(13-25(33)36)16-5-8-20(22(35)11-16)27-30-14-24(31-32-27)34(19-6-7-19)21-10-15-3-2-4-17(9-15)26(21)29/h5,8,11-15,17,19,21,26,35H,2-4,6-7,9-10H2,1H3/t15-,17+,21+,26-/m1/s1. The molecule has 3 fully saturated rings. The van der Waals surface area contributed by atoms with Crippen molar-refractivity contribution in [2.24, 2.45) is 18.9 Å². The molecule has 2 bridgehead atoms. The lowest BCUT2D eigenvalue weighted by Gasteiger charge is -2.46. The Kier molecular flexibility index (Phi) is 5.73. The number of pyridine rings is 1. The van der Waals surface area contributed by atoms with Crippen molar-refractivity contribution in [3.63, 3.8) is 0 Å². The molecule has 0 spiro atoms. The van der Waals surface area contributed by atoms with Crippen LogP contribution >= 0.6 is 0 Å². The van der Waals surface area contributed by atoms with Crippen molar-refractivity contribution in [2.45, 2.75) is 63.2 Å². The van der Waals surface area contributed by atoms with Crippen molar-refractivity contribution in [1.29, 1.82) is 0 Å². The first kappa shape index (κ1) is 23.1. The molecule has 0 radical (unpaired) electrons. The fourth-order valence-corrected chi connectivity index (χ4v) is 6.05. The highest BCUT2D eigenvalue weighted by Crippen LogP contribution is 2.46. The number of aromatic nitrogens is 4. The smallest absolute Gasteiger partial charge is 0.253 e. The second-order valence-electron chi connectivity index (χ2n) is 10.5. The molecule has 9 heteroatoms. The number of alkyl halides is 1. The number of anilines is 1. The van der Waals surface area contributed by atoms with Crippen LogP contribution in [-0.4, -0.2) is 43.1 Å². The summed E-state index contributed by atoms with van der Waals surface area (Å²) in [5, 5.41) is 19.4. The Morgan fingerprint density at radius 3 is 2.58 bits per heavy atom. The minimum absolute atomic E-state index is 0.105.